The number of sulfonamides is 1. The van der Waals surface area contributed by atoms with E-state index in [1.165, 1.54) is 36.4 Å². The van der Waals surface area contributed by atoms with Gasteiger partial charge in [-0.15, -0.1) is 0 Å². The van der Waals surface area contributed by atoms with Crippen molar-refractivity contribution in [1.82, 2.24) is 10.2 Å². The Balaban J connectivity index is 1.77. The van der Waals surface area contributed by atoms with Gasteiger partial charge in [0, 0.05) is 22.9 Å². The van der Waals surface area contributed by atoms with Crippen molar-refractivity contribution in [2.24, 2.45) is 0 Å². The molecule has 0 fully saturated rings. The van der Waals surface area contributed by atoms with E-state index in [-0.39, 0.29) is 21.3 Å². The van der Waals surface area contributed by atoms with Gasteiger partial charge in [0.15, 0.2) is 9.84 Å². The summed E-state index contributed by atoms with van der Waals surface area (Å²) in [4.78, 5) is -0.631. The molecule has 4 rings (SSSR count). The molecule has 0 spiro atoms. The minimum Gasteiger partial charge on any atom is -0.280 e. The summed E-state index contributed by atoms with van der Waals surface area (Å²) < 4.78 is 66.3. The number of fused-ring (bicyclic) bond motifs is 1. The van der Waals surface area contributed by atoms with Crippen molar-refractivity contribution < 1.29 is 21.2 Å². The largest absolute Gasteiger partial charge is 0.280 e. The highest BCUT2D eigenvalue weighted by Gasteiger charge is 2.24. The highest BCUT2D eigenvalue weighted by atomic mass is 32.2. The van der Waals surface area contributed by atoms with E-state index in [0.29, 0.717) is 27.7 Å². The molecule has 2 N–H and O–H groups in total. The van der Waals surface area contributed by atoms with Gasteiger partial charge in [0.1, 0.15) is 16.4 Å². The molecule has 7 nitrogen and oxygen atoms in total. The molecule has 10 heteroatoms. The Labute approximate surface area is 178 Å². The summed E-state index contributed by atoms with van der Waals surface area (Å²) in [5, 5.41) is 7.66. The molecule has 0 aliphatic carbocycles. The minimum absolute atomic E-state index is 0.214. The maximum absolute atomic E-state index is 14.0. The van der Waals surface area contributed by atoms with Gasteiger partial charge in [0.2, 0.25) is 0 Å². The molecule has 1 aromatic heterocycles. The first-order valence-electron chi connectivity index (χ1n) is 9.13. The van der Waals surface area contributed by atoms with Gasteiger partial charge < -0.3 is 0 Å². The van der Waals surface area contributed by atoms with E-state index in [2.05, 4.69) is 14.9 Å². The van der Waals surface area contributed by atoms with Crippen LogP contribution in [-0.2, 0) is 19.9 Å². The molecule has 0 unspecified atom stereocenters. The fourth-order valence-electron chi connectivity index (χ4n) is 3.23. The molecule has 0 bridgehead atoms. The van der Waals surface area contributed by atoms with Crippen LogP contribution in [0.3, 0.4) is 0 Å². The third-order valence-electron chi connectivity index (χ3n) is 4.80. The standard InChI is InChI=1S/C21H18FN3O4S2/c1-13-7-8-14(11-17(13)22)21-16-12-15(9-10-18(16)23-24-21)25-31(28,29)20-6-4-3-5-19(20)30(2,26)27/h3-12,25H,1-2H3,(H,23,24). The van der Waals surface area contributed by atoms with Crippen molar-refractivity contribution in [2.75, 3.05) is 11.0 Å². The summed E-state index contributed by atoms with van der Waals surface area (Å²) in [5.74, 6) is -0.372. The first-order valence-corrected chi connectivity index (χ1v) is 12.5. The van der Waals surface area contributed by atoms with Gasteiger partial charge in [-0.05, 0) is 48.9 Å². The second-order valence-corrected chi connectivity index (χ2v) is 10.8. The lowest BCUT2D eigenvalue weighted by molar-refractivity contribution is 0.588. The topological polar surface area (TPSA) is 109 Å². The second kappa shape index (κ2) is 7.47. The smallest absolute Gasteiger partial charge is 0.263 e. The van der Waals surface area contributed by atoms with Crippen LogP contribution >= 0.6 is 0 Å². The van der Waals surface area contributed by atoms with E-state index >= 15 is 0 Å². The van der Waals surface area contributed by atoms with Gasteiger partial charge in [-0.2, -0.15) is 5.10 Å². The van der Waals surface area contributed by atoms with Gasteiger partial charge in [-0.1, -0.05) is 24.3 Å². The summed E-state index contributed by atoms with van der Waals surface area (Å²) in [7, 11) is -7.94. The highest BCUT2D eigenvalue weighted by Crippen LogP contribution is 2.31. The number of benzene rings is 3. The Morgan fingerprint density at radius 2 is 1.65 bits per heavy atom. The summed E-state index contributed by atoms with van der Waals surface area (Å²) in [6, 6.07) is 14.8. The number of nitrogens with one attached hydrogen (secondary N) is 2. The van der Waals surface area contributed by atoms with Crippen LogP contribution in [0.15, 0.2) is 70.5 Å². The van der Waals surface area contributed by atoms with E-state index < -0.39 is 19.9 Å². The number of anilines is 1. The maximum Gasteiger partial charge on any atom is 0.263 e. The molecule has 0 saturated heterocycles. The predicted octanol–water partition coefficient (Wildman–Crippen LogP) is 3.88. The van der Waals surface area contributed by atoms with Crippen LogP contribution in [0.25, 0.3) is 22.2 Å². The first-order chi connectivity index (χ1) is 14.6. The quantitative estimate of drug-likeness (QED) is 0.471. The van der Waals surface area contributed by atoms with Crippen LogP contribution < -0.4 is 4.72 Å². The zero-order chi connectivity index (χ0) is 22.4. The Bertz CT molecular complexity index is 1530. The van der Waals surface area contributed by atoms with Gasteiger partial charge >= 0.3 is 0 Å². The summed E-state index contributed by atoms with van der Waals surface area (Å²) >= 11 is 0. The third-order valence-corrected chi connectivity index (χ3v) is 7.52. The fraction of sp³-hybridized carbons (Fsp3) is 0.0952. The van der Waals surface area contributed by atoms with Gasteiger partial charge in [0.05, 0.1) is 10.4 Å². The normalized spacial score (nSPS) is 12.2. The molecule has 4 aromatic rings. The van der Waals surface area contributed by atoms with E-state index in [1.54, 1.807) is 31.2 Å². The molecule has 0 amide bonds. The van der Waals surface area contributed by atoms with E-state index in [4.69, 9.17) is 0 Å². The van der Waals surface area contributed by atoms with Crippen molar-refractivity contribution in [3.63, 3.8) is 0 Å². The van der Waals surface area contributed by atoms with E-state index in [1.807, 2.05) is 0 Å². The van der Waals surface area contributed by atoms with Gasteiger partial charge in [0.25, 0.3) is 10.0 Å². The van der Waals surface area contributed by atoms with Gasteiger partial charge in [-0.25, -0.2) is 21.2 Å². The van der Waals surface area contributed by atoms with Crippen LogP contribution in [0.4, 0.5) is 10.1 Å². The number of aryl methyl sites for hydroxylation is 1. The first kappa shape index (κ1) is 21.0. The Kier molecular flexibility index (Phi) is 5.06. The second-order valence-electron chi connectivity index (χ2n) is 7.12. The molecule has 3 aromatic carbocycles. The number of hydrogen-bond donors (Lipinski definition) is 2. The van der Waals surface area contributed by atoms with Crippen molar-refractivity contribution in [3.8, 4) is 11.3 Å². The average molecular weight is 460 g/mol. The van der Waals surface area contributed by atoms with Crippen LogP contribution in [0, 0.1) is 12.7 Å². The SMILES string of the molecule is Cc1ccc(-c2n[nH]c3ccc(NS(=O)(=O)c4ccccc4S(C)(=O)=O)cc23)cc1F. The lowest BCUT2D eigenvalue weighted by Gasteiger charge is -2.11. The Morgan fingerprint density at radius 3 is 2.32 bits per heavy atom. The molecule has 0 radical (unpaired) electrons. The number of sulfone groups is 1. The monoisotopic (exact) mass is 459 g/mol. The minimum atomic E-state index is -4.19. The number of aromatic nitrogens is 2. The zero-order valence-corrected chi connectivity index (χ0v) is 18.2. The Hall–Kier alpha value is -3.24. The summed E-state index contributed by atoms with van der Waals surface area (Å²) in [5.41, 5.74) is 2.35. The molecule has 31 heavy (non-hydrogen) atoms. The molecular formula is C21H18FN3O4S2. The van der Waals surface area contributed by atoms with Crippen molar-refractivity contribution in [2.45, 2.75) is 16.7 Å². The average Bonchev–Trinajstić information content (AvgIpc) is 3.12. The van der Waals surface area contributed by atoms with Crippen LogP contribution in [0.2, 0.25) is 0 Å². The Morgan fingerprint density at radius 1 is 0.935 bits per heavy atom. The summed E-state index contributed by atoms with van der Waals surface area (Å²) in [6.45, 7) is 1.66. The fourth-order valence-corrected chi connectivity index (χ4v) is 5.91. The molecule has 160 valence electrons. The number of aromatic amines is 1. The molecule has 0 aliphatic rings. The number of H-pyrrole nitrogens is 1. The molecule has 0 atom stereocenters. The number of nitrogens with zero attached hydrogens (tertiary/aromatic N) is 1. The van der Waals surface area contributed by atoms with Crippen molar-refractivity contribution in [3.05, 3.63) is 72.0 Å². The molecule has 1 heterocycles. The van der Waals surface area contributed by atoms with Crippen LogP contribution in [-0.4, -0.2) is 33.3 Å². The van der Waals surface area contributed by atoms with Crippen LogP contribution in [0.1, 0.15) is 5.56 Å². The lowest BCUT2D eigenvalue weighted by atomic mass is 10.1. The number of hydrogen-bond acceptors (Lipinski definition) is 5. The highest BCUT2D eigenvalue weighted by molar-refractivity contribution is 7.95. The molecule has 0 aliphatic heterocycles. The van der Waals surface area contributed by atoms with Crippen molar-refractivity contribution in [1.29, 1.82) is 0 Å². The molecular weight excluding hydrogens is 441 g/mol. The summed E-state index contributed by atoms with van der Waals surface area (Å²) in [6.07, 6.45) is 0.950. The number of halogens is 1. The van der Waals surface area contributed by atoms with Crippen LogP contribution in [0.5, 0.6) is 0 Å². The number of rotatable bonds is 5. The maximum atomic E-state index is 14.0. The van der Waals surface area contributed by atoms with Crippen molar-refractivity contribution >= 4 is 36.5 Å². The van der Waals surface area contributed by atoms with Gasteiger partial charge in [-0.3, -0.25) is 9.82 Å². The zero-order valence-electron chi connectivity index (χ0n) is 16.5. The molecule has 0 saturated carbocycles. The van der Waals surface area contributed by atoms with E-state index in [0.717, 1.165) is 6.26 Å². The predicted molar refractivity (Wildman–Crippen MR) is 117 cm³/mol. The third kappa shape index (κ3) is 4.04. The van der Waals surface area contributed by atoms with E-state index in [9.17, 15) is 21.2 Å². The lowest BCUT2D eigenvalue weighted by Crippen LogP contribution is -2.16.